The molecule has 2 aromatic carbocycles. The molecule has 1 nitrogen and oxygen atoms in total. The molecular weight excluding hydrogens is 305 g/mol. The van der Waals surface area contributed by atoms with Gasteiger partial charge in [-0.3, -0.25) is 0 Å². The molecule has 0 heterocycles. The fourth-order valence-corrected chi connectivity index (χ4v) is 3.12. The average molecular weight is 320 g/mol. The van der Waals surface area contributed by atoms with Crippen molar-refractivity contribution >= 4 is 15.9 Å². The molecule has 3 heteroatoms. The van der Waals surface area contributed by atoms with Crippen LogP contribution >= 0.6 is 15.9 Å². The van der Waals surface area contributed by atoms with Crippen LogP contribution in [0, 0.1) is 5.82 Å². The quantitative estimate of drug-likeness (QED) is 0.886. The summed E-state index contributed by atoms with van der Waals surface area (Å²) in [7, 11) is 0. The van der Waals surface area contributed by atoms with Crippen molar-refractivity contribution in [3.63, 3.8) is 0 Å². The highest BCUT2D eigenvalue weighted by Crippen LogP contribution is 2.33. The second kappa shape index (κ2) is 5.43. The van der Waals surface area contributed by atoms with Crippen molar-refractivity contribution in [2.75, 3.05) is 0 Å². The maximum absolute atomic E-state index is 13.7. The van der Waals surface area contributed by atoms with Crippen molar-refractivity contribution in [3.8, 4) is 0 Å². The van der Waals surface area contributed by atoms with Gasteiger partial charge in [-0.05, 0) is 41.7 Å². The van der Waals surface area contributed by atoms with Gasteiger partial charge in [0.05, 0.1) is 0 Å². The first kappa shape index (κ1) is 12.8. The second-order valence-corrected chi connectivity index (χ2v) is 5.73. The van der Waals surface area contributed by atoms with E-state index >= 15 is 0 Å². The molecule has 0 spiro atoms. The van der Waals surface area contributed by atoms with Crippen LogP contribution in [0.5, 0.6) is 0 Å². The van der Waals surface area contributed by atoms with Gasteiger partial charge in [0, 0.05) is 17.1 Å². The molecule has 0 radical (unpaired) electrons. The van der Waals surface area contributed by atoms with Crippen LogP contribution in [0.4, 0.5) is 4.39 Å². The molecule has 0 saturated heterocycles. The Labute approximate surface area is 121 Å². The van der Waals surface area contributed by atoms with Crippen LogP contribution in [0.1, 0.15) is 29.2 Å². The summed E-state index contributed by atoms with van der Waals surface area (Å²) in [6, 6.07) is 13.8. The summed E-state index contributed by atoms with van der Waals surface area (Å²) in [5.74, 6) is -0.0670. The van der Waals surface area contributed by atoms with Crippen LogP contribution < -0.4 is 5.32 Å². The molecule has 0 aliphatic heterocycles. The molecule has 19 heavy (non-hydrogen) atoms. The lowest BCUT2D eigenvalue weighted by Gasteiger charge is -2.15. The van der Waals surface area contributed by atoms with Gasteiger partial charge in [-0.25, -0.2) is 4.39 Å². The molecule has 1 atom stereocenters. The maximum Gasteiger partial charge on any atom is 0.126 e. The van der Waals surface area contributed by atoms with Crippen LogP contribution in [-0.2, 0) is 13.0 Å². The van der Waals surface area contributed by atoms with E-state index in [1.807, 2.05) is 24.3 Å². The topological polar surface area (TPSA) is 12.0 Å². The number of halogens is 2. The first-order valence-corrected chi connectivity index (χ1v) is 7.29. The predicted molar refractivity (Wildman–Crippen MR) is 78.4 cm³/mol. The minimum Gasteiger partial charge on any atom is -0.306 e. The lowest BCUT2D eigenvalue weighted by atomic mass is 10.1. The molecule has 1 aliphatic carbocycles. The van der Waals surface area contributed by atoms with Gasteiger partial charge in [-0.2, -0.15) is 0 Å². The van der Waals surface area contributed by atoms with E-state index in [1.54, 1.807) is 12.1 Å². The minimum atomic E-state index is -0.0670. The molecule has 0 saturated carbocycles. The van der Waals surface area contributed by atoms with E-state index < -0.39 is 0 Å². The number of hydrogen-bond donors (Lipinski definition) is 1. The number of fused-ring (bicyclic) bond motifs is 1. The molecule has 0 bridgehead atoms. The molecular formula is C16H15BrFN. The second-order valence-electron chi connectivity index (χ2n) is 4.87. The lowest BCUT2D eigenvalue weighted by molar-refractivity contribution is 0.529. The Morgan fingerprint density at radius 2 is 2.00 bits per heavy atom. The van der Waals surface area contributed by atoms with Gasteiger partial charge in [0.2, 0.25) is 0 Å². The third kappa shape index (κ3) is 2.58. The van der Waals surface area contributed by atoms with Crippen LogP contribution in [-0.4, -0.2) is 0 Å². The van der Waals surface area contributed by atoms with Gasteiger partial charge in [-0.15, -0.1) is 0 Å². The zero-order valence-corrected chi connectivity index (χ0v) is 12.1. The molecule has 3 rings (SSSR count). The van der Waals surface area contributed by atoms with E-state index in [2.05, 4.69) is 27.3 Å². The SMILES string of the molecule is Fc1cccc2c1CCC2NCc1ccccc1Br. The van der Waals surface area contributed by atoms with Crippen molar-refractivity contribution in [1.82, 2.24) is 5.32 Å². The highest BCUT2D eigenvalue weighted by atomic mass is 79.9. The standard InChI is InChI=1S/C16H15BrFN/c17-14-6-2-1-4-11(14)10-19-16-9-8-12-13(16)5-3-7-15(12)18/h1-7,16,19H,8-10H2. The Kier molecular flexibility index (Phi) is 3.67. The summed E-state index contributed by atoms with van der Waals surface area (Å²) in [6.45, 7) is 0.794. The van der Waals surface area contributed by atoms with Crippen LogP contribution in [0.2, 0.25) is 0 Å². The smallest absolute Gasteiger partial charge is 0.126 e. The molecule has 0 aromatic heterocycles. The van der Waals surface area contributed by atoms with Gasteiger partial charge >= 0.3 is 0 Å². The summed E-state index contributed by atoms with van der Waals surface area (Å²) in [5.41, 5.74) is 3.23. The summed E-state index contributed by atoms with van der Waals surface area (Å²) in [5, 5.41) is 3.53. The summed E-state index contributed by atoms with van der Waals surface area (Å²) < 4.78 is 14.8. The molecule has 98 valence electrons. The normalized spacial score (nSPS) is 17.5. The van der Waals surface area contributed by atoms with Crippen molar-refractivity contribution in [1.29, 1.82) is 0 Å². The van der Waals surface area contributed by atoms with Crippen LogP contribution in [0.3, 0.4) is 0 Å². The average Bonchev–Trinajstić information content (AvgIpc) is 2.83. The molecule has 1 N–H and O–H groups in total. The van der Waals surface area contributed by atoms with E-state index in [4.69, 9.17) is 0 Å². The Morgan fingerprint density at radius 3 is 2.84 bits per heavy atom. The number of nitrogens with one attached hydrogen (secondary N) is 1. The van der Waals surface area contributed by atoms with E-state index in [1.165, 1.54) is 5.56 Å². The molecule has 1 aliphatic rings. The zero-order chi connectivity index (χ0) is 13.2. The molecule has 0 fully saturated rings. The van der Waals surface area contributed by atoms with E-state index in [0.717, 1.165) is 35.0 Å². The number of rotatable bonds is 3. The lowest BCUT2D eigenvalue weighted by Crippen LogP contribution is -2.18. The molecule has 0 amide bonds. The summed E-state index contributed by atoms with van der Waals surface area (Å²) in [4.78, 5) is 0. The third-order valence-corrected chi connectivity index (χ3v) is 4.48. The van der Waals surface area contributed by atoms with Crippen molar-refractivity contribution in [2.45, 2.75) is 25.4 Å². The highest BCUT2D eigenvalue weighted by molar-refractivity contribution is 9.10. The van der Waals surface area contributed by atoms with Crippen molar-refractivity contribution in [3.05, 3.63) is 69.4 Å². The molecule has 2 aromatic rings. The Balaban J connectivity index is 1.74. The predicted octanol–water partition coefficient (Wildman–Crippen LogP) is 4.37. The molecule has 1 unspecified atom stereocenters. The number of hydrogen-bond acceptors (Lipinski definition) is 1. The third-order valence-electron chi connectivity index (χ3n) is 3.71. The maximum atomic E-state index is 13.7. The van der Waals surface area contributed by atoms with Crippen molar-refractivity contribution in [2.24, 2.45) is 0 Å². The van der Waals surface area contributed by atoms with Crippen LogP contribution in [0.25, 0.3) is 0 Å². The fraction of sp³-hybridized carbons (Fsp3) is 0.250. The largest absolute Gasteiger partial charge is 0.306 e. The van der Waals surface area contributed by atoms with E-state index in [0.29, 0.717) is 0 Å². The zero-order valence-electron chi connectivity index (χ0n) is 10.5. The summed E-state index contributed by atoms with van der Waals surface area (Å²) in [6.07, 6.45) is 1.80. The van der Waals surface area contributed by atoms with Gasteiger partial charge in [-0.1, -0.05) is 46.3 Å². The highest BCUT2D eigenvalue weighted by Gasteiger charge is 2.24. The first-order chi connectivity index (χ1) is 9.25. The van der Waals surface area contributed by atoms with Crippen LogP contribution in [0.15, 0.2) is 46.9 Å². The Bertz CT molecular complexity index is 597. The number of benzene rings is 2. The Hall–Kier alpha value is -1.19. The fourth-order valence-electron chi connectivity index (χ4n) is 2.70. The van der Waals surface area contributed by atoms with Gasteiger partial charge in [0.15, 0.2) is 0 Å². The Morgan fingerprint density at radius 1 is 1.16 bits per heavy atom. The van der Waals surface area contributed by atoms with E-state index in [-0.39, 0.29) is 11.9 Å². The minimum absolute atomic E-state index is 0.0670. The summed E-state index contributed by atoms with van der Waals surface area (Å²) >= 11 is 3.55. The van der Waals surface area contributed by atoms with Gasteiger partial charge in [0.25, 0.3) is 0 Å². The van der Waals surface area contributed by atoms with Crippen molar-refractivity contribution < 1.29 is 4.39 Å². The van der Waals surface area contributed by atoms with Gasteiger partial charge < -0.3 is 5.32 Å². The van der Waals surface area contributed by atoms with Gasteiger partial charge in [0.1, 0.15) is 5.82 Å². The monoisotopic (exact) mass is 319 g/mol. The first-order valence-electron chi connectivity index (χ1n) is 6.50. The van der Waals surface area contributed by atoms with E-state index in [9.17, 15) is 4.39 Å².